The van der Waals surface area contributed by atoms with E-state index in [2.05, 4.69) is 4.72 Å². The van der Waals surface area contributed by atoms with Crippen molar-refractivity contribution in [1.82, 2.24) is 4.72 Å². The Morgan fingerprint density at radius 1 is 1.42 bits per heavy atom. The van der Waals surface area contributed by atoms with Crippen molar-refractivity contribution in [3.8, 4) is 6.07 Å². The van der Waals surface area contributed by atoms with Gasteiger partial charge >= 0.3 is 0 Å². The van der Waals surface area contributed by atoms with Gasteiger partial charge in [0.1, 0.15) is 6.07 Å². The summed E-state index contributed by atoms with van der Waals surface area (Å²) in [6, 6.07) is 8.19. The Kier molecular flexibility index (Phi) is 4.23. The van der Waals surface area contributed by atoms with Gasteiger partial charge in [-0.1, -0.05) is 31.9 Å². The molecule has 1 aromatic carbocycles. The van der Waals surface area contributed by atoms with Crippen LogP contribution < -0.4 is 4.72 Å². The van der Waals surface area contributed by atoms with E-state index in [0.29, 0.717) is 5.92 Å². The molecule has 19 heavy (non-hydrogen) atoms. The lowest BCUT2D eigenvalue weighted by atomic mass is 10.1. The third-order valence-corrected chi connectivity index (χ3v) is 5.01. The van der Waals surface area contributed by atoms with Gasteiger partial charge < -0.3 is 0 Å². The summed E-state index contributed by atoms with van der Waals surface area (Å²) in [5, 5.41) is 8.99. The fourth-order valence-corrected chi connectivity index (χ4v) is 3.62. The van der Waals surface area contributed by atoms with Crippen molar-refractivity contribution in [1.29, 1.82) is 5.26 Å². The zero-order valence-corrected chi connectivity index (χ0v) is 11.8. The number of benzene rings is 1. The van der Waals surface area contributed by atoms with Crippen LogP contribution in [-0.4, -0.2) is 14.5 Å². The zero-order valence-electron chi connectivity index (χ0n) is 11.0. The van der Waals surface area contributed by atoms with Gasteiger partial charge in [-0.25, -0.2) is 13.1 Å². The highest BCUT2D eigenvalue weighted by molar-refractivity contribution is 7.89. The molecule has 0 amide bonds. The van der Waals surface area contributed by atoms with Crippen molar-refractivity contribution >= 4 is 10.0 Å². The van der Waals surface area contributed by atoms with Gasteiger partial charge in [0, 0.05) is 6.04 Å². The van der Waals surface area contributed by atoms with E-state index < -0.39 is 10.0 Å². The maximum absolute atomic E-state index is 12.3. The van der Waals surface area contributed by atoms with Crippen LogP contribution in [-0.2, 0) is 10.0 Å². The molecule has 4 nitrogen and oxygen atoms in total. The van der Waals surface area contributed by atoms with E-state index in [-0.39, 0.29) is 16.5 Å². The highest BCUT2D eigenvalue weighted by Crippen LogP contribution is 2.34. The number of hydrogen-bond donors (Lipinski definition) is 1. The van der Waals surface area contributed by atoms with Crippen molar-refractivity contribution in [2.75, 3.05) is 0 Å². The largest absolute Gasteiger partial charge is 0.242 e. The lowest BCUT2D eigenvalue weighted by Gasteiger charge is -2.17. The molecule has 1 saturated carbocycles. The molecule has 1 aliphatic rings. The van der Waals surface area contributed by atoms with Crippen LogP contribution in [0.25, 0.3) is 0 Å². The average molecular weight is 278 g/mol. The average Bonchev–Trinajstić information content (AvgIpc) is 3.21. The van der Waals surface area contributed by atoms with E-state index in [1.54, 1.807) is 12.1 Å². The Hall–Kier alpha value is -1.38. The van der Waals surface area contributed by atoms with Gasteiger partial charge in [-0.15, -0.1) is 0 Å². The summed E-state index contributed by atoms with van der Waals surface area (Å²) in [4.78, 5) is 0.0757. The van der Waals surface area contributed by atoms with Gasteiger partial charge in [-0.3, -0.25) is 0 Å². The Morgan fingerprint density at radius 3 is 2.68 bits per heavy atom. The lowest BCUT2D eigenvalue weighted by Crippen LogP contribution is -2.35. The molecule has 0 heterocycles. The first-order chi connectivity index (χ1) is 9.06. The zero-order chi connectivity index (χ0) is 13.9. The Balaban J connectivity index is 2.19. The summed E-state index contributed by atoms with van der Waals surface area (Å²) in [6.07, 6.45) is 4.06. The van der Waals surface area contributed by atoms with Crippen LogP contribution in [0.1, 0.15) is 38.2 Å². The normalized spacial score (nSPS) is 16.8. The Bertz CT molecular complexity index is 586. The van der Waals surface area contributed by atoms with Crippen molar-refractivity contribution in [2.24, 2.45) is 5.92 Å². The molecule has 0 aromatic heterocycles. The van der Waals surface area contributed by atoms with Crippen LogP contribution in [0.4, 0.5) is 0 Å². The summed E-state index contributed by atoms with van der Waals surface area (Å²) >= 11 is 0. The number of hydrogen-bond acceptors (Lipinski definition) is 3. The van der Waals surface area contributed by atoms with Gasteiger partial charge in [0.15, 0.2) is 0 Å². The second-order valence-corrected chi connectivity index (χ2v) is 6.70. The van der Waals surface area contributed by atoms with Crippen molar-refractivity contribution in [3.63, 3.8) is 0 Å². The van der Waals surface area contributed by atoms with Crippen molar-refractivity contribution in [2.45, 2.75) is 43.5 Å². The minimum Gasteiger partial charge on any atom is -0.208 e. The molecule has 0 radical (unpaired) electrons. The van der Waals surface area contributed by atoms with Gasteiger partial charge in [-0.05, 0) is 30.9 Å². The number of nitrogens with zero attached hydrogens (tertiary/aromatic N) is 1. The molecule has 1 aromatic rings. The lowest BCUT2D eigenvalue weighted by molar-refractivity contribution is 0.495. The van der Waals surface area contributed by atoms with Gasteiger partial charge in [0.05, 0.1) is 10.5 Å². The van der Waals surface area contributed by atoms with E-state index >= 15 is 0 Å². The molecule has 1 unspecified atom stereocenters. The molecule has 1 aliphatic carbocycles. The Labute approximate surface area is 114 Å². The summed E-state index contributed by atoms with van der Waals surface area (Å²) in [7, 11) is -3.60. The van der Waals surface area contributed by atoms with Crippen LogP contribution in [0, 0.1) is 17.2 Å². The second kappa shape index (κ2) is 5.72. The minimum atomic E-state index is -3.60. The smallest absolute Gasteiger partial charge is 0.208 e. The van der Waals surface area contributed by atoms with E-state index in [9.17, 15) is 8.42 Å². The monoisotopic (exact) mass is 278 g/mol. The number of rotatable bonds is 6. The molecule has 1 N–H and O–H groups in total. The second-order valence-electron chi connectivity index (χ2n) is 5.01. The first-order valence-electron chi connectivity index (χ1n) is 6.58. The fraction of sp³-hybridized carbons (Fsp3) is 0.500. The maximum atomic E-state index is 12.3. The van der Waals surface area contributed by atoms with Crippen LogP contribution in [0.3, 0.4) is 0 Å². The number of sulfonamides is 1. The highest BCUT2D eigenvalue weighted by atomic mass is 32.2. The predicted octanol–water partition coefficient (Wildman–Crippen LogP) is 2.42. The molecule has 0 spiro atoms. The van der Waals surface area contributed by atoms with Crippen LogP contribution in [0.15, 0.2) is 29.2 Å². The standard InChI is InChI=1S/C14H18N2O2S/c1-2-13(9-11-7-8-11)16-19(17,18)14-6-4-3-5-12(14)10-15/h3-6,11,13,16H,2,7-9H2,1H3. The van der Waals surface area contributed by atoms with Gasteiger partial charge in [-0.2, -0.15) is 5.26 Å². The third kappa shape index (κ3) is 3.55. The predicted molar refractivity (Wildman–Crippen MR) is 72.9 cm³/mol. The summed E-state index contributed by atoms with van der Waals surface area (Å²) in [5.74, 6) is 0.666. The fourth-order valence-electron chi connectivity index (χ4n) is 2.13. The van der Waals surface area contributed by atoms with E-state index in [0.717, 1.165) is 12.8 Å². The Morgan fingerprint density at radius 2 is 2.11 bits per heavy atom. The molecule has 0 bridgehead atoms. The van der Waals surface area contributed by atoms with Gasteiger partial charge in [0.25, 0.3) is 0 Å². The molecule has 0 aliphatic heterocycles. The van der Waals surface area contributed by atoms with E-state index in [1.165, 1.54) is 25.0 Å². The van der Waals surface area contributed by atoms with Crippen molar-refractivity contribution < 1.29 is 8.42 Å². The molecule has 102 valence electrons. The number of nitrogens with one attached hydrogen (secondary N) is 1. The first-order valence-corrected chi connectivity index (χ1v) is 8.06. The van der Waals surface area contributed by atoms with Crippen LogP contribution in [0.2, 0.25) is 0 Å². The summed E-state index contributed by atoms with van der Waals surface area (Å²) in [5.41, 5.74) is 0.191. The van der Waals surface area contributed by atoms with Crippen LogP contribution >= 0.6 is 0 Å². The molecule has 1 atom stereocenters. The molecule has 5 heteroatoms. The maximum Gasteiger partial charge on any atom is 0.242 e. The summed E-state index contributed by atoms with van der Waals surface area (Å²) < 4.78 is 27.4. The topological polar surface area (TPSA) is 70.0 Å². The van der Waals surface area contributed by atoms with E-state index in [4.69, 9.17) is 5.26 Å². The minimum absolute atomic E-state index is 0.0377. The summed E-state index contributed by atoms with van der Waals surface area (Å²) in [6.45, 7) is 1.98. The molecular weight excluding hydrogens is 260 g/mol. The third-order valence-electron chi connectivity index (χ3n) is 3.43. The first kappa shape index (κ1) is 14.0. The highest BCUT2D eigenvalue weighted by Gasteiger charge is 2.28. The molecule has 2 rings (SSSR count). The molecule has 0 saturated heterocycles. The van der Waals surface area contributed by atoms with Gasteiger partial charge in [0.2, 0.25) is 10.0 Å². The molecular formula is C14H18N2O2S. The number of nitriles is 1. The quantitative estimate of drug-likeness (QED) is 0.868. The SMILES string of the molecule is CCC(CC1CC1)NS(=O)(=O)c1ccccc1C#N. The van der Waals surface area contributed by atoms with E-state index in [1.807, 2.05) is 13.0 Å². The van der Waals surface area contributed by atoms with Crippen LogP contribution in [0.5, 0.6) is 0 Å². The van der Waals surface area contributed by atoms with Crippen molar-refractivity contribution in [3.05, 3.63) is 29.8 Å². The molecule has 1 fully saturated rings.